The normalized spacial score (nSPS) is 17.3. The van der Waals surface area contributed by atoms with E-state index in [9.17, 15) is 19.5 Å². The van der Waals surface area contributed by atoms with Gasteiger partial charge in [0.15, 0.2) is 0 Å². The lowest BCUT2D eigenvalue weighted by Gasteiger charge is -2.27. The Hall–Kier alpha value is -3.62. The van der Waals surface area contributed by atoms with Gasteiger partial charge in [0.25, 0.3) is 0 Å². The van der Waals surface area contributed by atoms with E-state index >= 15 is 0 Å². The van der Waals surface area contributed by atoms with Gasteiger partial charge in [-0.1, -0.05) is 13.0 Å². The molecule has 194 valence electrons. The minimum atomic E-state index is -0.780. The molecule has 1 aliphatic carbocycles. The lowest BCUT2D eigenvalue weighted by atomic mass is 9.87. The largest absolute Gasteiger partial charge is 0.489 e. The van der Waals surface area contributed by atoms with E-state index in [-0.39, 0.29) is 18.6 Å². The molecule has 1 aromatic carbocycles. The number of carbonyl (C=O) groups excluding carboxylic acids is 2. The fourth-order valence-corrected chi connectivity index (χ4v) is 4.60. The molecule has 2 aromatic rings. The molecule has 1 aliphatic rings. The molecule has 2 atom stereocenters. The molecule has 0 spiro atoms. The van der Waals surface area contributed by atoms with Crippen LogP contribution in [0.2, 0.25) is 0 Å². The molecule has 2 amide bonds. The molecule has 0 aliphatic heterocycles. The van der Waals surface area contributed by atoms with Crippen molar-refractivity contribution in [2.45, 2.75) is 65.6 Å². The standard InChI is InChI=1S/C27H35N3O6/c1-5-13-30(4)27(34)35-15-22-16(2)20(25(28)31)9-10-21(22)23-11-12-24(17(3)29-23)36-19-8-6-7-18(14-19)26(32)33/h9-12,18-19H,5-8,13-15H2,1-4H3,(H2,28,31)(H,32,33)/t18-,19-/m0/s1. The van der Waals surface area contributed by atoms with Crippen LogP contribution in [0.3, 0.4) is 0 Å². The van der Waals surface area contributed by atoms with Gasteiger partial charge in [-0.2, -0.15) is 0 Å². The number of rotatable bonds is 9. The first-order valence-corrected chi connectivity index (χ1v) is 12.3. The molecule has 3 N–H and O–H groups in total. The Bertz CT molecular complexity index is 1130. The average molecular weight is 498 g/mol. The predicted octanol–water partition coefficient (Wildman–Crippen LogP) is 4.46. The SMILES string of the molecule is CCCN(C)C(=O)OCc1c(-c2ccc(O[C@H]3CCC[C@H](C(=O)O)C3)c(C)n2)ccc(C(N)=O)c1C. The maximum Gasteiger partial charge on any atom is 0.409 e. The number of amides is 2. The minimum absolute atomic E-state index is 0.0349. The molecule has 9 heteroatoms. The van der Waals surface area contributed by atoms with Gasteiger partial charge in [-0.05, 0) is 69.7 Å². The maximum atomic E-state index is 12.4. The lowest BCUT2D eigenvalue weighted by Crippen LogP contribution is -2.29. The highest BCUT2D eigenvalue weighted by Crippen LogP contribution is 2.32. The van der Waals surface area contributed by atoms with Crippen molar-refractivity contribution in [3.63, 3.8) is 0 Å². The van der Waals surface area contributed by atoms with Gasteiger partial charge in [-0.15, -0.1) is 0 Å². The number of pyridine rings is 1. The third kappa shape index (κ3) is 6.33. The summed E-state index contributed by atoms with van der Waals surface area (Å²) in [7, 11) is 1.67. The number of nitrogens with two attached hydrogens (primary N) is 1. The third-order valence-electron chi connectivity index (χ3n) is 6.66. The molecule has 1 aromatic heterocycles. The van der Waals surface area contributed by atoms with E-state index in [1.165, 1.54) is 4.90 Å². The topological polar surface area (TPSA) is 132 Å². The number of primary amides is 1. The van der Waals surface area contributed by atoms with Crippen LogP contribution in [0.5, 0.6) is 5.75 Å². The van der Waals surface area contributed by atoms with Crippen LogP contribution in [-0.4, -0.2) is 52.7 Å². The van der Waals surface area contributed by atoms with Crippen molar-refractivity contribution in [2.24, 2.45) is 11.7 Å². The third-order valence-corrected chi connectivity index (χ3v) is 6.66. The van der Waals surface area contributed by atoms with E-state index in [0.717, 1.165) is 24.8 Å². The second kappa shape index (κ2) is 11.9. The number of hydrogen-bond donors (Lipinski definition) is 2. The zero-order valence-electron chi connectivity index (χ0n) is 21.4. The summed E-state index contributed by atoms with van der Waals surface area (Å²) in [6, 6.07) is 7.04. The zero-order valence-corrected chi connectivity index (χ0v) is 21.4. The van der Waals surface area contributed by atoms with Crippen molar-refractivity contribution >= 4 is 18.0 Å². The first-order valence-electron chi connectivity index (χ1n) is 12.3. The van der Waals surface area contributed by atoms with Gasteiger partial charge in [0.2, 0.25) is 5.91 Å². The van der Waals surface area contributed by atoms with Crippen molar-refractivity contribution < 1.29 is 29.0 Å². The molecule has 0 saturated heterocycles. The summed E-state index contributed by atoms with van der Waals surface area (Å²) >= 11 is 0. The van der Waals surface area contributed by atoms with Crippen molar-refractivity contribution in [3.05, 3.63) is 46.6 Å². The highest BCUT2D eigenvalue weighted by molar-refractivity contribution is 5.95. The number of aliphatic carboxylic acids is 1. The lowest BCUT2D eigenvalue weighted by molar-refractivity contribution is -0.143. The molecular weight excluding hydrogens is 462 g/mol. The van der Waals surface area contributed by atoms with E-state index in [0.29, 0.717) is 53.2 Å². The molecular formula is C27H35N3O6. The Morgan fingerprint density at radius 2 is 1.92 bits per heavy atom. The van der Waals surface area contributed by atoms with Gasteiger partial charge in [0, 0.05) is 30.3 Å². The smallest absolute Gasteiger partial charge is 0.409 e. The van der Waals surface area contributed by atoms with Gasteiger partial charge in [-0.25, -0.2) is 9.78 Å². The van der Waals surface area contributed by atoms with Crippen LogP contribution in [0.25, 0.3) is 11.3 Å². The van der Waals surface area contributed by atoms with E-state index in [2.05, 4.69) is 0 Å². The van der Waals surface area contributed by atoms with Crippen molar-refractivity contribution in [2.75, 3.05) is 13.6 Å². The van der Waals surface area contributed by atoms with Crippen LogP contribution in [0.15, 0.2) is 24.3 Å². The summed E-state index contributed by atoms with van der Waals surface area (Å²) in [5.74, 6) is -1.12. The van der Waals surface area contributed by atoms with Gasteiger partial charge in [-0.3, -0.25) is 9.59 Å². The molecule has 0 bridgehead atoms. The van der Waals surface area contributed by atoms with Gasteiger partial charge >= 0.3 is 12.1 Å². The Labute approximate surface area is 211 Å². The van der Waals surface area contributed by atoms with Crippen LogP contribution in [-0.2, 0) is 16.1 Å². The first-order chi connectivity index (χ1) is 17.1. The van der Waals surface area contributed by atoms with Crippen molar-refractivity contribution in [3.8, 4) is 17.0 Å². The fraction of sp³-hybridized carbons (Fsp3) is 0.481. The van der Waals surface area contributed by atoms with Crippen LogP contribution < -0.4 is 10.5 Å². The van der Waals surface area contributed by atoms with Crippen molar-refractivity contribution in [1.82, 2.24) is 9.88 Å². The number of carbonyl (C=O) groups is 3. The summed E-state index contributed by atoms with van der Waals surface area (Å²) in [6.45, 7) is 6.12. The summed E-state index contributed by atoms with van der Waals surface area (Å²) in [6.07, 6.45) is 2.96. The number of aryl methyl sites for hydroxylation is 1. The highest BCUT2D eigenvalue weighted by atomic mass is 16.6. The first kappa shape index (κ1) is 27.0. The summed E-state index contributed by atoms with van der Waals surface area (Å²) in [5.41, 5.74) is 9.22. The predicted molar refractivity (Wildman–Crippen MR) is 135 cm³/mol. The Morgan fingerprint density at radius 1 is 1.17 bits per heavy atom. The molecule has 3 rings (SSSR count). The number of carboxylic acid groups (broad SMARTS) is 1. The maximum absolute atomic E-state index is 12.4. The molecule has 1 saturated carbocycles. The summed E-state index contributed by atoms with van der Waals surface area (Å²) < 4.78 is 11.7. The number of carboxylic acids is 1. The van der Waals surface area contributed by atoms with Crippen LogP contribution in [0.4, 0.5) is 4.79 Å². The Morgan fingerprint density at radius 3 is 2.56 bits per heavy atom. The van der Waals surface area contributed by atoms with Gasteiger partial charge < -0.3 is 25.2 Å². The number of ether oxygens (including phenoxy) is 2. The zero-order chi connectivity index (χ0) is 26.4. The molecule has 1 fully saturated rings. The molecule has 1 heterocycles. The van der Waals surface area contributed by atoms with E-state index < -0.39 is 18.0 Å². The minimum Gasteiger partial charge on any atom is -0.489 e. The van der Waals surface area contributed by atoms with E-state index in [1.54, 1.807) is 26.1 Å². The number of hydrogen-bond acceptors (Lipinski definition) is 6. The van der Waals surface area contributed by atoms with E-state index in [4.69, 9.17) is 20.2 Å². The molecule has 0 radical (unpaired) electrons. The second-order valence-electron chi connectivity index (χ2n) is 9.33. The van der Waals surface area contributed by atoms with Crippen LogP contribution >= 0.6 is 0 Å². The van der Waals surface area contributed by atoms with Gasteiger partial charge in [0.05, 0.1) is 23.4 Å². The van der Waals surface area contributed by atoms with Crippen LogP contribution in [0.1, 0.15) is 66.2 Å². The Kier molecular flexibility index (Phi) is 8.90. The average Bonchev–Trinajstić information content (AvgIpc) is 2.84. The molecule has 36 heavy (non-hydrogen) atoms. The Balaban J connectivity index is 1.87. The fourth-order valence-electron chi connectivity index (χ4n) is 4.60. The number of benzene rings is 1. The summed E-state index contributed by atoms with van der Waals surface area (Å²) in [5, 5.41) is 9.35. The van der Waals surface area contributed by atoms with Crippen molar-refractivity contribution in [1.29, 1.82) is 0 Å². The van der Waals surface area contributed by atoms with Crippen LogP contribution in [0, 0.1) is 19.8 Å². The quantitative estimate of drug-likeness (QED) is 0.522. The van der Waals surface area contributed by atoms with Gasteiger partial charge in [0.1, 0.15) is 12.4 Å². The highest BCUT2D eigenvalue weighted by Gasteiger charge is 2.28. The molecule has 9 nitrogen and oxygen atoms in total. The van der Waals surface area contributed by atoms with E-state index in [1.807, 2.05) is 26.0 Å². The number of nitrogens with zero attached hydrogens (tertiary/aromatic N) is 2. The molecule has 0 unspecified atom stereocenters. The summed E-state index contributed by atoms with van der Waals surface area (Å²) in [4.78, 5) is 41.9. The monoisotopic (exact) mass is 497 g/mol. The number of aromatic nitrogens is 1. The second-order valence-corrected chi connectivity index (χ2v) is 9.33.